The number of aryl methyl sites for hydroxylation is 2. The Bertz CT molecular complexity index is 1660. The van der Waals surface area contributed by atoms with Gasteiger partial charge in [-0.15, -0.1) is 0 Å². The quantitative estimate of drug-likeness (QED) is 0.344. The molecule has 0 bridgehead atoms. The Kier molecular flexibility index (Phi) is 8.66. The minimum atomic E-state index is -1.41. The van der Waals surface area contributed by atoms with Crippen LogP contribution in [0.5, 0.6) is 5.75 Å². The van der Waals surface area contributed by atoms with E-state index in [4.69, 9.17) is 14.5 Å². The first-order valence-corrected chi connectivity index (χ1v) is 15.1. The summed E-state index contributed by atoms with van der Waals surface area (Å²) in [7, 11) is 0. The van der Waals surface area contributed by atoms with Crippen molar-refractivity contribution < 1.29 is 33.4 Å². The molecule has 1 atom stereocenters. The minimum Gasteiger partial charge on any atom is -0.490 e. The summed E-state index contributed by atoms with van der Waals surface area (Å²) in [5.74, 6) is -1.75. The van der Waals surface area contributed by atoms with Gasteiger partial charge in [0.2, 0.25) is 5.91 Å². The second-order valence-corrected chi connectivity index (χ2v) is 12.6. The average molecular weight is 606 g/mol. The number of aliphatic carboxylic acids is 1. The molecule has 0 aliphatic carbocycles. The highest BCUT2D eigenvalue weighted by atomic mass is 19.1. The molecule has 2 aliphatic rings. The predicted octanol–water partition coefficient (Wildman–Crippen LogP) is 5.58. The Morgan fingerprint density at radius 3 is 2.57 bits per heavy atom. The van der Waals surface area contributed by atoms with Crippen LogP contribution in [-0.2, 0) is 20.7 Å². The third-order valence-electron chi connectivity index (χ3n) is 8.31. The number of ether oxygens (including phenoxy) is 2. The number of likely N-dealkylation sites (tertiary alicyclic amines) is 1. The molecule has 3 aromatic rings. The zero-order valence-electron chi connectivity index (χ0n) is 26.2. The fourth-order valence-corrected chi connectivity index (χ4v) is 6.25. The van der Waals surface area contributed by atoms with E-state index in [2.05, 4.69) is 5.32 Å². The van der Waals surface area contributed by atoms with Gasteiger partial charge in [-0.05, 0) is 101 Å². The van der Waals surface area contributed by atoms with Gasteiger partial charge in [-0.2, -0.15) is 0 Å². The number of rotatable bonds is 8. The lowest BCUT2D eigenvalue weighted by Crippen LogP contribution is -2.35. The summed E-state index contributed by atoms with van der Waals surface area (Å²) in [6, 6.07) is 4.89. The van der Waals surface area contributed by atoms with E-state index in [9.17, 15) is 19.5 Å². The van der Waals surface area contributed by atoms with Crippen LogP contribution in [0.4, 0.5) is 4.39 Å². The van der Waals surface area contributed by atoms with Crippen molar-refractivity contribution in [2.24, 2.45) is 0 Å². The molecule has 1 fully saturated rings. The number of pyridine rings is 1. The first-order chi connectivity index (χ1) is 20.8. The molecule has 44 heavy (non-hydrogen) atoms. The number of amides is 2. The van der Waals surface area contributed by atoms with Crippen molar-refractivity contribution in [3.05, 3.63) is 57.5 Å². The Morgan fingerprint density at radius 2 is 1.91 bits per heavy atom. The lowest BCUT2D eigenvalue weighted by molar-refractivity contribution is -0.160. The van der Waals surface area contributed by atoms with Gasteiger partial charge < -0.3 is 24.8 Å². The lowest BCUT2D eigenvalue weighted by Gasteiger charge is -2.29. The fraction of sp³-hybridized carbons (Fsp3) is 0.471. The zero-order valence-corrected chi connectivity index (χ0v) is 26.2. The van der Waals surface area contributed by atoms with Gasteiger partial charge in [0.05, 0.1) is 17.7 Å². The van der Waals surface area contributed by atoms with Crippen LogP contribution in [0, 0.1) is 26.6 Å². The number of nitrogens with one attached hydrogen (secondary N) is 1. The average Bonchev–Trinajstić information content (AvgIpc) is 3.36. The van der Waals surface area contributed by atoms with Gasteiger partial charge in [-0.25, -0.2) is 9.18 Å². The normalized spacial score (nSPS) is 15.7. The van der Waals surface area contributed by atoms with Crippen molar-refractivity contribution in [3.63, 3.8) is 0 Å². The molecule has 0 saturated carbocycles. The van der Waals surface area contributed by atoms with Crippen molar-refractivity contribution >= 4 is 28.7 Å². The number of nitrogens with zero attached hydrogens (tertiary/aromatic N) is 2. The number of carbonyl (C=O) groups excluding carboxylic acids is 2. The highest BCUT2D eigenvalue weighted by Crippen LogP contribution is 2.44. The van der Waals surface area contributed by atoms with E-state index in [1.165, 1.54) is 6.07 Å². The second-order valence-electron chi connectivity index (χ2n) is 12.6. The summed E-state index contributed by atoms with van der Waals surface area (Å²) in [5, 5.41) is 13.9. The topological polar surface area (TPSA) is 118 Å². The zero-order chi connectivity index (χ0) is 31.9. The maximum absolute atomic E-state index is 15.6. The molecule has 2 amide bonds. The largest absolute Gasteiger partial charge is 0.490 e. The van der Waals surface area contributed by atoms with E-state index in [1.807, 2.05) is 13.8 Å². The number of hydrogen-bond acceptors (Lipinski definition) is 6. The molecule has 9 nitrogen and oxygen atoms in total. The molecule has 5 rings (SSSR count). The third-order valence-corrected chi connectivity index (χ3v) is 8.31. The number of aromatic nitrogens is 1. The number of hydrogen-bond donors (Lipinski definition) is 2. The van der Waals surface area contributed by atoms with Crippen LogP contribution in [-0.4, -0.2) is 64.6 Å². The molecule has 10 heteroatoms. The lowest BCUT2D eigenvalue weighted by atomic mass is 9.85. The van der Waals surface area contributed by atoms with Crippen LogP contribution in [0.15, 0.2) is 18.2 Å². The van der Waals surface area contributed by atoms with Crippen LogP contribution in [0.3, 0.4) is 0 Å². The molecule has 0 spiro atoms. The number of carbonyl (C=O) groups is 3. The minimum absolute atomic E-state index is 0.0864. The maximum Gasteiger partial charge on any atom is 0.337 e. The third kappa shape index (κ3) is 6.13. The molecule has 2 aromatic carbocycles. The number of halogens is 1. The van der Waals surface area contributed by atoms with E-state index in [0.717, 1.165) is 24.0 Å². The van der Waals surface area contributed by atoms with Gasteiger partial charge in [-0.1, -0.05) is 0 Å². The molecule has 1 unspecified atom stereocenters. The Balaban J connectivity index is 1.71. The Labute approximate surface area is 256 Å². The summed E-state index contributed by atoms with van der Waals surface area (Å²) in [4.78, 5) is 44.8. The fourth-order valence-electron chi connectivity index (χ4n) is 6.25. The van der Waals surface area contributed by atoms with E-state index in [-0.39, 0.29) is 17.6 Å². The van der Waals surface area contributed by atoms with E-state index in [0.29, 0.717) is 83.5 Å². The van der Waals surface area contributed by atoms with Gasteiger partial charge in [0.25, 0.3) is 5.91 Å². The van der Waals surface area contributed by atoms with Gasteiger partial charge in [0.1, 0.15) is 0 Å². The van der Waals surface area contributed by atoms with Crippen LogP contribution >= 0.6 is 0 Å². The van der Waals surface area contributed by atoms with Crippen LogP contribution in [0.25, 0.3) is 22.0 Å². The van der Waals surface area contributed by atoms with E-state index < -0.39 is 23.5 Å². The van der Waals surface area contributed by atoms with Crippen LogP contribution in [0.1, 0.15) is 84.4 Å². The molecule has 2 N–H and O–H groups in total. The summed E-state index contributed by atoms with van der Waals surface area (Å²) in [6.45, 7) is 12.6. The molecule has 1 saturated heterocycles. The van der Waals surface area contributed by atoms with Crippen molar-refractivity contribution in [2.75, 3.05) is 26.2 Å². The number of benzene rings is 2. The van der Waals surface area contributed by atoms with Gasteiger partial charge in [0.15, 0.2) is 17.7 Å². The van der Waals surface area contributed by atoms with Crippen molar-refractivity contribution in [1.29, 1.82) is 0 Å². The second kappa shape index (κ2) is 12.1. The molecular weight excluding hydrogens is 565 g/mol. The number of fused-ring (bicyclic) bond motifs is 2. The molecule has 2 aliphatic heterocycles. The molecular formula is C34H40FN3O6. The van der Waals surface area contributed by atoms with Crippen molar-refractivity contribution in [1.82, 2.24) is 15.2 Å². The molecule has 3 heterocycles. The SMILES string of the molecule is Cc1cc2nc(C)c(C(OC(C)(C)C)C(=O)O)c(-c3cc(F)c4c(c3C)CCCO4)c2cc1C(=O)NCCN1CCCC1=O. The molecule has 1 aromatic heterocycles. The van der Waals surface area contributed by atoms with E-state index in [1.54, 1.807) is 44.7 Å². The Morgan fingerprint density at radius 1 is 1.16 bits per heavy atom. The summed E-state index contributed by atoms with van der Waals surface area (Å²) >= 11 is 0. The van der Waals surface area contributed by atoms with Gasteiger partial charge in [-0.3, -0.25) is 14.6 Å². The summed E-state index contributed by atoms with van der Waals surface area (Å²) in [5.41, 5.74) is 4.01. The maximum atomic E-state index is 15.6. The highest BCUT2D eigenvalue weighted by molar-refractivity contribution is 6.05. The number of carboxylic acid groups (broad SMARTS) is 1. The van der Waals surface area contributed by atoms with Gasteiger partial charge >= 0.3 is 5.97 Å². The predicted molar refractivity (Wildman–Crippen MR) is 165 cm³/mol. The summed E-state index contributed by atoms with van der Waals surface area (Å²) < 4.78 is 27.4. The standard InChI is InChI=1S/C34H40FN3O6/c1-18-15-26-24(16-22(18)32(40)36-11-13-38-12-7-10-27(38)39)29(23-17-25(35)30-21(19(23)2)9-8-14-43-30)28(20(3)37-26)31(33(41)42)44-34(4,5)6/h15-17,31H,7-14H2,1-6H3,(H,36,40)(H,41,42). The van der Waals surface area contributed by atoms with Gasteiger partial charge in [0, 0.05) is 53.8 Å². The van der Waals surface area contributed by atoms with Crippen molar-refractivity contribution in [2.45, 2.75) is 78.9 Å². The molecule has 234 valence electrons. The first-order valence-electron chi connectivity index (χ1n) is 15.1. The first kappa shape index (κ1) is 31.4. The number of carboxylic acids is 1. The summed E-state index contributed by atoms with van der Waals surface area (Å²) in [6.07, 6.45) is 1.29. The van der Waals surface area contributed by atoms with Crippen LogP contribution < -0.4 is 10.1 Å². The monoisotopic (exact) mass is 605 g/mol. The highest BCUT2D eigenvalue weighted by Gasteiger charge is 2.34. The Hall–Kier alpha value is -4.05. The van der Waals surface area contributed by atoms with E-state index >= 15 is 4.39 Å². The smallest absolute Gasteiger partial charge is 0.337 e. The molecule has 0 radical (unpaired) electrons. The van der Waals surface area contributed by atoms with Crippen molar-refractivity contribution in [3.8, 4) is 16.9 Å². The van der Waals surface area contributed by atoms with Crippen LogP contribution in [0.2, 0.25) is 0 Å².